The lowest BCUT2D eigenvalue weighted by molar-refractivity contribution is 0.556. The van der Waals surface area contributed by atoms with E-state index >= 15 is 0 Å². The average Bonchev–Trinajstić information content (AvgIpc) is 2.96. The van der Waals surface area contributed by atoms with Gasteiger partial charge in [0.05, 0.1) is 11.8 Å². The van der Waals surface area contributed by atoms with Gasteiger partial charge in [0.15, 0.2) is 5.65 Å². The number of hydrogen-bond donors (Lipinski definition) is 1. The zero-order valence-corrected chi connectivity index (χ0v) is 14.7. The fourth-order valence-corrected chi connectivity index (χ4v) is 2.84. The molecule has 0 aliphatic carbocycles. The molecule has 6 heteroatoms. The molecule has 2 aromatic heterocycles. The Hall–Kier alpha value is -1.78. The van der Waals surface area contributed by atoms with Crippen molar-refractivity contribution >= 4 is 34.7 Å². The molecular formula is C17H18Cl2N4. The number of nitrogens with one attached hydrogen (secondary N) is 1. The number of hydrogen-bond acceptors (Lipinski definition) is 3. The molecule has 1 aromatic carbocycles. The van der Waals surface area contributed by atoms with Crippen LogP contribution < -0.4 is 5.32 Å². The van der Waals surface area contributed by atoms with Gasteiger partial charge < -0.3 is 5.32 Å². The maximum atomic E-state index is 6.48. The molecule has 3 rings (SSSR count). The summed E-state index contributed by atoms with van der Waals surface area (Å²) >= 11 is 12.9. The van der Waals surface area contributed by atoms with Crippen molar-refractivity contribution in [2.24, 2.45) is 5.92 Å². The quantitative estimate of drug-likeness (QED) is 0.662. The second kappa shape index (κ2) is 6.38. The molecule has 2 heterocycles. The third kappa shape index (κ3) is 3.01. The van der Waals surface area contributed by atoms with Gasteiger partial charge in [0.1, 0.15) is 11.0 Å². The van der Waals surface area contributed by atoms with Gasteiger partial charge in [-0.2, -0.15) is 9.61 Å². The molecule has 0 spiro atoms. The van der Waals surface area contributed by atoms with E-state index in [1.54, 1.807) is 10.7 Å². The van der Waals surface area contributed by atoms with Gasteiger partial charge in [0.25, 0.3) is 0 Å². The van der Waals surface area contributed by atoms with Crippen molar-refractivity contribution in [3.63, 3.8) is 0 Å². The Balaban J connectivity index is 2.27. The van der Waals surface area contributed by atoms with Crippen molar-refractivity contribution in [1.29, 1.82) is 0 Å². The van der Waals surface area contributed by atoms with Gasteiger partial charge in [0.2, 0.25) is 0 Å². The van der Waals surface area contributed by atoms with Crippen molar-refractivity contribution in [2.75, 3.05) is 5.32 Å². The van der Waals surface area contributed by atoms with Crippen LogP contribution in [0.1, 0.15) is 20.8 Å². The second-order valence-corrected chi connectivity index (χ2v) is 6.65. The number of anilines is 1. The summed E-state index contributed by atoms with van der Waals surface area (Å²) in [5.74, 6) is 1.26. The summed E-state index contributed by atoms with van der Waals surface area (Å²) in [5.41, 5.74) is 2.30. The Morgan fingerprint density at radius 3 is 2.52 bits per heavy atom. The van der Waals surface area contributed by atoms with Crippen LogP contribution in [0.5, 0.6) is 0 Å². The number of halogens is 2. The van der Waals surface area contributed by atoms with Gasteiger partial charge in [-0.15, -0.1) is 0 Å². The van der Waals surface area contributed by atoms with Crippen molar-refractivity contribution < 1.29 is 0 Å². The van der Waals surface area contributed by atoms with Gasteiger partial charge >= 0.3 is 0 Å². The van der Waals surface area contributed by atoms with E-state index < -0.39 is 0 Å². The zero-order chi connectivity index (χ0) is 16.6. The van der Waals surface area contributed by atoms with Crippen LogP contribution in [0.4, 0.5) is 5.82 Å². The van der Waals surface area contributed by atoms with Crippen molar-refractivity contribution in [3.05, 3.63) is 46.7 Å². The van der Waals surface area contributed by atoms with Gasteiger partial charge in [-0.1, -0.05) is 55.2 Å². The molecule has 4 nitrogen and oxygen atoms in total. The molecular weight excluding hydrogens is 331 g/mol. The number of aromatic nitrogens is 3. The molecule has 23 heavy (non-hydrogen) atoms. The van der Waals surface area contributed by atoms with Crippen LogP contribution in [0.15, 0.2) is 36.5 Å². The molecule has 120 valence electrons. The first kappa shape index (κ1) is 16.1. The van der Waals surface area contributed by atoms with Crippen LogP contribution in [0.3, 0.4) is 0 Å². The van der Waals surface area contributed by atoms with E-state index in [9.17, 15) is 0 Å². The minimum Gasteiger partial charge on any atom is -0.367 e. The van der Waals surface area contributed by atoms with Crippen LogP contribution in [0.25, 0.3) is 16.8 Å². The minimum absolute atomic E-state index is 0.238. The normalized spacial score (nSPS) is 12.8. The Morgan fingerprint density at radius 2 is 1.83 bits per heavy atom. The summed E-state index contributed by atoms with van der Waals surface area (Å²) in [7, 11) is 0. The zero-order valence-electron chi connectivity index (χ0n) is 13.2. The summed E-state index contributed by atoms with van der Waals surface area (Å²) in [6.07, 6.45) is 1.71. The fraction of sp³-hybridized carbons (Fsp3) is 0.294. The highest BCUT2D eigenvalue weighted by molar-refractivity contribution is 6.36. The molecule has 0 saturated heterocycles. The van der Waals surface area contributed by atoms with Crippen molar-refractivity contribution in [2.45, 2.75) is 26.8 Å². The summed E-state index contributed by atoms with van der Waals surface area (Å²) in [6.45, 7) is 6.45. The Morgan fingerprint density at radius 1 is 1.09 bits per heavy atom. The van der Waals surface area contributed by atoms with Crippen molar-refractivity contribution in [1.82, 2.24) is 14.6 Å². The van der Waals surface area contributed by atoms with Crippen LogP contribution in [-0.4, -0.2) is 20.6 Å². The Kier molecular flexibility index (Phi) is 4.46. The molecule has 3 aromatic rings. The number of benzene rings is 1. The topological polar surface area (TPSA) is 42.2 Å². The van der Waals surface area contributed by atoms with E-state index in [1.807, 2.05) is 30.3 Å². The molecule has 0 fully saturated rings. The number of nitrogens with zero attached hydrogens (tertiary/aromatic N) is 3. The number of rotatable bonds is 4. The largest absolute Gasteiger partial charge is 0.367 e. The highest BCUT2D eigenvalue weighted by Crippen LogP contribution is 2.38. The molecule has 0 amide bonds. The first-order valence-corrected chi connectivity index (χ1v) is 8.29. The Labute approximate surface area is 145 Å². The van der Waals surface area contributed by atoms with Crippen LogP contribution >= 0.6 is 23.2 Å². The highest BCUT2D eigenvalue weighted by atomic mass is 35.5. The molecule has 1 N–H and O–H groups in total. The second-order valence-electron chi connectivity index (χ2n) is 5.88. The fourth-order valence-electron chi connectivity index (χ4n) is 2.33. The monoisotopic (exact) mass is 348 g/mol. The predicted molar refractivity (Wildman–Crippen MR) is 96.4 cm³/mol. The van der Waals surface area contributed by atoms with E-state index in [0.29, 0.717) is 21.7 Å². The van der Waals surface area contributed by atoms with Gasteiger partial charge in [-0.25, -0.2) is 4.98 Å². The van der Waals surface area contributed by atoms with E-state index in [-0.39, 0.29) is 6.04 Å². The SMILES string of the molecule is CC(C)C(C)Nc1c(-c2ccccc2Cl)c(Cl)nc2ccnn12. The predicted octanol–water partition coefficient (Wildman–Crippen LogP) is 5.16. The summed E-state index contributed by atoms with van der Waals surface area (Å²) < 4.78 is 1.77. The highest BCUT2D eigenvalue weighted by Gasteiger charge is 2.20. The smallest absolute Gasteiger partial charge is 0.159 e. The molecule has 1 unspecified atom stereocenters. The maximum absolute atomic E-state index is 6.48. The third-order valence-corrected chi connectivity index (χ3v) is 4.60. The van der Waals surface area contributed by atoms with Gasteiger partial charge in [-0.05, 0) is 18.9 Å². The molecule has 0 radical (unpaired) electrons. The third-order valence-electron chi connectivity index (χ3n) is 4.00. The molecule has 0 bridgehead atoms. The van der Waals surface area contributed by atoms with E-state index in [4.69, 9.17) is 23.2 Å². The van der Waals surface area contributed by atoms with Gasteiger partial charge in [-0.3, -0.25) is 0 Å². The van der Waals surface area contributed by atoms with E-state index in [2.05, 4.69) is 36.2 Å². The van der Waals surface area contributed by atoms with E-state index in [1.165, 1.54) is 0 Å². The molecule has 0 saturated carbocycles. The first-order chi connectivity index (χ1) is 11.0. The lowest BCUT2D eigenvalue weighted by Crippen LogP contribution is -2.24. The Bertz CT molecular complexity index is 842. The first-order valence-electron chi connectivity index (χ1n) is 7.53. The van der Waals surface area contributed by atoms with Crippen LogP contribution in [-0.2, 0) is 0 Å². The minimum atomic E-state index is 0.238. The standard InChI is InChI=1S/C17H18Cl2N4/c1-10(2)11(3)21-17-15(12-6-4-5-7-13(12)18)16(19)22-14-8-9-20-23(14)17/h4-11,21H,1-3H3. The van der Waals surface area contributed by atoms with Crippen molar-refractivity contribution in [3.8, 4) is 11.1 Å². The molecule has 0 aliphatic heterocycles. The number of fused-ring (bicyclic) bond motifs is 1. The van der Waals surface area contributed by atoms with Crippen LogP contribution in [0.2, 0.25) is 10.2 Å². The summed E-state index contributed by atoms with van der Waals surface area (Å²) in [5, 5.41) is 8.94. The van der Waals surface area contributed by atoms with E-state index in [0.717, 1.165) is 16.9 Å². The molecule has 0 aliphatic rings. The average molecular weight is 349 g/mol. The maximum Gasteiger partial charge on any atom is 0.159 e. The molecule has 1 atom stereocenters. The van der Waals surface area contributed by atoms with Crippen LogP contribution in [0, 0.1) is 5.92 Å². The lowest BCUT2D eigenvalue weighted by atomic mass is 10.0. The van der Waals surface area contributed by atoms with Gasteiger partial charge in [0, 0.05) is 22.7 Å². The summed E-state index contributed by atoms with van der Waals surface area (Å²) in [4.78, 5) is 4.43. The lowest BCUT2D eigenvalue weighted by Gasteiger charge is -2.22. The summed E-state index contributed by atoms with van der Waals surface area (Å²) in [6, 6.07) is 9.67.